The first-order valence-electron chi connectivity index (χ1n) is 10.7. The predicted octanol–water partition coefficient (Wildman–Crippen LogP) is 2.49. The van der Waals surface area contributed by atoms with E-state index in [1.165, 1.54) is 5.56 Å². The summed E-state index contributed by atoms with van der Waals surface area (Å²) < 4.78 is 5.53. The zero-order chi connectivity index (χ0) is 21.4. The third kappa shape index (κ3) is 3.98. The lowest BCUT2D eigenvalue weighted by molar-refractivity contribution is 0.171. The van der Waals surface area contributed by atoms with Crippen LogP contribution in [0.4, 0.5) is 17.5 Å². The zero-order valence-electron chi connectivity index (χ0n) is 17.8. The van der Waals surface area contributed by atoms with E-state index in [1.807, 2.05) is 6.07 Å². The second-order valence-electron chi connectivity index (χ2n) is 8.30. The summed E-state index contributed by atoms with van der Waals surface area (Å²) in [6.07, 6.45) is 6.78. The molecule has 2 aliphatic rings. The molecule has 0 aromatic carbocycles. The van der Waals surface area contributed by atoms with Gasteiger partial charge >= 0.3 is 0 Å². The second kappa shape index (κ2) is 8.24. The molecule has 3 N–H and O–H groups in total. The molecule has 4 heterocycles. The van der Waals surface area contributed by atoms with Crippen LogP contribution in [0.1, 0.15) is 30.5 Å². The smallest absolute Gasteiger partial charge is 0.237 e. The molecule has 0 unspecified atom stereocenters. The van der Waals surface area contributed by atoms with Crippen molar-refractivity contribution in [3.63, 3.8) is 0 Å². The summed E-state index contributed by atoms with van der Waals surface area (Å²) in [6, 6.07) is 3.94. The van der Waals surface area contributed by atoms with E-state index < -0.39 is 0 Å². The van der Waals surface area contributed by atoms with Gasteiger partial charge in [0.05, 0.1) is 24.9 Å². The summed E-state index contributed by atoms with van der Waals surface area (Å²) in [5.41, 5.74) is 3.70. The number of hydrogen-bond donors (Lipinski definition) is 3. The maximum Gasteiger partial charge on any atom is 0.237 e. The van der Waals surface area contributed by atoms with Gasteiger partial charge in [-0.25, -0.2) is 19.9 Å². The maximum absolute atomic E-state index is 10.2. The summed E-state index contributed by atoms with van der Waals surface area (Å²) in [5, 5.41) is 17.7. The van der Waals surface area contributed by atoms with E-state index in [9.17, 15) is 5.11 Å². The third-order valence-corrected chi connectivity index (χ3v) is 6.07. The van der Waals surface area contributed by atoms with Crippen LogP contribution in [0, 0.1) is 0 Å². The number of aliphatic hydroxyl groups is 1. The van der Waals surface area contributed by atoms with Gasteiger partial charge < -0.3 is 25.4 Å². The summed E-state index contributed by atoms with van der Waals surface area (Å²) in [4.78, 5) is 20.6. The first-order valence-corrected chi connectivity index (χ1v) is 10.7. The fourth-order valence-corrected chi connectivity index (χ4v) is 4.37. The molecule has 0 bridgehead atoms. The normalized spacial score (nSPS) is 21.1. The van der Waals surface area contributed by atoms with Crippen LogP contribution in [0.25, 0.3) is 10.9 Å². The van der Waals surface area contributed by atoms with Crippen LogP contribution in [-0.2, 0) is 13.0 Å². The number of pyridine rings is 2. The highest BCUT2D eigenvalue weighted by molar-refractivity contribution is 5.88. The van der Waals surface area contributed by atoms with Gasteiger partial charge in [-0.05, 0) is 44.0 Å². The molecule has 5 rings (SSSR count). The Balaban J connectivity index is 1.47. The highest BCUT2D eigenvalue weighted by Gasteiger charge is 2.26. The van der Waals surface area contributed by atoms with E-state index in [0.29, 0.717) is 23.2 Å². The van der Waals surface area contributed by atoms with E-state index in [1.54, 1.807) is 19.5 Å². The molecular weight excluding hydrogens is 394 g/mol. The highest BCUT2D eigenvalue weighted by Crippen LogP contribution is 2.31. The number of nitrogens with one attached hydrogen (secondary N) is 2. The number of hydrogen-bond acceptors (Lipinski definition) is 9. The van der Waals surface area contributed by atoms with Gasteiger partial charge in [-0.1, -0.05) is 0 Å². The van der Waals surface area contributed by atoms with Crippen LogP contribution in [0.2, 0.25) is 0 Å². The van der Waals surface area contributed by atoms with Crippen molar-refractivity contribution in [3.8, 4) is 5.88 Å². The van der Waals surface area contributed by atoms with Gasteiger partial charge in [0.15, 0.2) is 5.82 Å². The molecule has 2 atom stereocenters. The van der Waals surface area contributed by atoms with Crippen molar-refractivity contribution in [1.29, 1.82) is 0 Å². The Morgan fingerprint density at radius 3 is 2.94 bits per heavy atom. The summed E-state index contributed by atoms with van der Waals surface area (Å²) in [6.45, 7) is 1.84. The molecule has 162 valence electrons. The van der Waals surface area contributed by atoms with Crippen LogP contribution in [0.15, 0.2) is 24.5 Å². The molecule has 3 aromatic heterocycles. The number of anilines is 3. The summed E-state index contributed by atoms with van der Waals surface area (Å²) >= 11 is 0. The van der Waals surface area contributed by atoms with Crippen LogP contribution in [-0.4, -0.2) is 62.8 Å². The quantitative estimate of drug-likeness (QED) is 0.572. The molecule has 9 nitrogen and oxygen atoms in total. The molecule has 1 fully saturated rings. The van der Waals surface area contributed by atoms with Crippen LogP contribution in [0.5, 0.6) is 5.88 Å². The van der Waals surface area contributed by atoms with E-state index >= 15 is 0 Å². The van der Waals surface area contributed by atoms with Crippen LogP contribution >= 0.6 is 0 Å². The SMILES string of the molecule is COc1nc2c(cc1Nc1ncc3ccnc(N[C@H]4CCC[C@H]4O)c3n1)CN(C)CC2. The van der Waals surface area contributed by atoms with Crippen molar-refractivity contribution in [3.05, 3.63) is 35.8 Å². The molecule has 0 radical (unpaired) electrons. The Bertz CT molecular complexity index is 1110. The number of aliphatic hydroxyl groups excluding tert-OH is 1. The zero-order valence-corrected chi connectivity index (χ0v) is 17.8. The lowest BCUT2D eigenvalue weighted by atomic mass is 10.1. The van der Waals surface area contributed by atoms with Crippen molar-refractivity contribution in [2.75, 3.05) is 31.3 Å². The molecule has 9 heteroatoms. The van der Waals surface area contributed by atoms with Crippen molar-refractivity contribution >= 4 is 28.4 Å². The molecule has 1 aliphatic heterocycles. The lowest BCUT2D eigenvalue weighted by Gasteiger charge is -2.25. The minimum absolute atomic E-state index is 0.00796. The number of aromatic nitrogens is 4. The van der Waals surface area contributed by atoms with Crippen molar-refractivity contribution in [2.24, 2.45) is 0 Å². The van der Waals surface area contributed by atoms with Crippen LogP contribution in [0.3, 0.4) is 0 Å². The number of fused-ring (bicyclic) bond motifs is 2. The average Bonchev–Trinajstić information content (AvgIpc) is 3.18. The van der Waals surface area contributed by atoms with E-state index in [0.717, 1.165) is 55.5 Å². The minimum Gasteiger partial charge on any atom is -0.480 e. The number of rotatable bonds is 5. The number of likely N-dealkylation sites (N-methyl/N-ethyl adjacent to an activating group) is 1. The fourth-order valence-electron chi connectivity index (χ4n) is 4.37. The molecule has 1 aliphatic carbocycles. The maximum atomic E-state index is 10.2. The van der Waals surface area contributed by atoms with Gasteiger partial charge in [-0.2, -0.15) is 0 Å². The second-order valence-corrected chi connectivity index (χ2v) is 8.30. The largest absolute Gasteiger partial charge is 0.480 e. The van der Waals surface area contributed by atoms with Crippen molar-refractivity contribution in [2.45, 2.75) is 44.4 Å². The lowest BCUT2D eigenvalue weighted by Crippen LogP contribution is -2.28. The Labute approximate surface area is 180 Å². The molecule has 0 amide bonds. The predicted molar refractivity (Wildman–Crippen MR) is 119 cm³/mol. The van der Waals surface area contributed by atoms with Crippen LogP contribution < -0.4 is 15.4 Å². The van der Waals surface area contributed by atoms with Gasteiger partial charge in [0, 0.05) is 37.3 Å². The number of nitrogens with zero attached hydrogens (tertiary/aromatic N) is 5. The van der Waals surface area contributed by atoms with Crippen molar-refractivity contribution in [1.82, 2.24) is 24.8 Å². The molecule has 1 saturated carbocycles. The Kier molecular flexibility index (Phi) is 5.29. The number of ether oxygens (including phenoxy) is 1. The minimum atomic E-state index is -0.361. The Hall–Kier alpha value is -3.04. The first-order chi connectivity index (χ1) is 15.1. The topological polar surface area (TPSA) is 108 Å². The Morgan fingerprint density at radius 2 is 2.13 bits per heavy atom. The molecule has 3 aromatic rings. The first kappa shape index (κ1) is 19.9. The molecule has 0 saturated heterocycles. The highest BCUT2D eigenvalue weighted by atomic mass is 16.5. The van der Waals surface area contributed by atoms with Gasteiger partial charge in [-0.15, -0.1) is 0 Å². The van der Waals surface area contributed by atoms with Gasteiger partial charge in [0.2, 0.25) is 11.8 Å². The summed E-state index contributed by atoms with van der Waals surface area (Å²) in [7, 11) is 3.73. The van der Waals surface area contributed by atoms with E-state index in [4.69, 9.17) is 14.7 Å². The van der Waals surface area contributed by atoms with E-state index in [2.05, 4.69) is 38.6 Å². The summed E-state index contributed by atoms with van der Waals surface area (Å²) in [5.74, 6) is 1.64. The van der Waals surface area contributed by atoms with Gasteiger partial charge in [-0.3, -0.25) is 0 Å². The van der Waals surface area contributed by atoms with Gasteiger partial charge in [0.25, 0.3) is 0 Å². The average molecular weight is 422 g/mol. The van der Waals surface area contributed by atoms with Gasteiger partial charge in [0.1, 0.15) is 11.2 Å². The molecule has 0 spiro atoms. The molecule has 31 heavy (non-hydrogen) atoms. The number of methoxy groups -OCH3 is 1. The van der Waals surface area contributed by atoms with Crippen molar-refractivity contribution < 1.29 is 9.84 Å². The third-order valence-electron chi connectivity index (χ3n) is 6.07. The standard InChI is InChI=1S/C22H27N7O2/c1-29-9-7-15-14(12-29)10-17(21(26-15)31-2)27-22-24-11-13-6-8-23-20(19(13)28-22)25-16-4-3-5-18(16)30/h6,8,10-11,16,18,30H,3-5,7,9,12H2,1-2H3,(H,23,25)(H,24,27,28)/t16-,18+/m0/s1. The van der Waals surface area contributed by atoms with E-state index in [-0.39, 0.29) is 12.1 Å². The molecular formula is C22H27N7O2. The fraction of sp³-hybridized carbons (Fsp3) is 0.455. The monoisotopic (exact) mass is 421 g/mol. The Morgan fingerprint density at radius 1 is 1.23 bits per heavy atom.